The number of fused-ring (bicyclic) bond motifs is 1. The Morgan fingerprint density at radius 2 is 1.67 bits per heavy atom. The molecule has 2 aliphatic rings. The third-order valence-corrected chi connectivity index (χ3v) is 5.02. The second-order valence-electron chi connectivity index (χ2n) is 6.23. The number of amides is 1. The molecule has 2 heteroatoms. The second-order valence-corrected chi connectivity index (χ2v) is 6.23. The quantitative estimate of drug-likeness (QED) is 0.841. The third-order valence-electron chi connectivity index (χ3n) is 5.02. The first-order valence-corrected chi connectivity index (χ1v) is 7.69. The summed E-state index contributed by atoms with van der Waals surface area (Å²) in [6.45, 7) is 1.77. The van der Waals surface area contributed by atoms with Crippen molar-refractivity contribution in [1.82, 2.24) is 4.90 Å². The van der Waals surface area contributed by atoms with Gasteiger partial charge in [0.25, 0.3) is 0 Å². The average molecular weight is 277 g/mol. The highest BCUT2D eigenvalue weighted by Crippen LogP contribution is 2.59. The van der Waals surface area contributed by atoms with Gasteiger partial charge in [0.05, 0.1) is 5.41 Å². The van der Waals surface area contributed by atoms with E-state index in [1.807, 2.05) is 24.3 Å². The van der Waals surface area contributed by atoms with Crippen LogP contribution in [0.1, 0.15) is 17.5 Å². The highest BCUT2D eigenvalue weighted by molar-refractivity contribution is 5.94. The molecule has 1 saturated heterocycles. The molecule has 2 nitrogen and oxygen atoms in total. The monoisotopic (exact) mass is 277 g/mol. The summed E-state index contributed by atoms with van der Waals surface area (Å²) in [7, 11) is 0. The molecule has 2 atom stereocenters. The summed E-state index contributed by atoms with van der Waals surface area (Å²) in [5.41, 5.74) is 2.33. The van der Waals surface area contributed by atoms with Crippen LogP contribution in [-0.4, -0.2) is 23.9 Å². The number of carbonyl (C=O) groups excluding carboxylic acids is 1. The van der Waals surface area contributed by atoms with Gasteiger partial charge in [0.1, 0.15) is 0 Å². The van der Waals surface area contributed by atoms with Crippen LogP contribution in [0, 0.1) is 5.92 Å². The van der Waals surface area contributed by atoms with E-state index >= 15 is 0 Å². The van der Waals surface area contributed by atoms with Crippen LogP contribution in [0.2, 0.25) is 0 Å². The SMILES string of the molecule is O=C1N(CCc2ccccc2)C[C@H]2C[C@@]12c1ccccc1. The van der Waals surface area contributed by atoms with Gasteiger partial charge in [-0.05, 0) is 29.9 Å². The molecule has 106 valence electrons. The molecule has 0 radical (unpaired) electrons. The Balaban J connectivity index is 1.48. The van der Waals surface area contributed by atoms with E-state index in [9.17, 15) is 4.79 Å². The van der Waals surface area contributed by atoms with Crippen LogP contribution in [0.25, 0.3) is 0 Å². The van der Waals surface area contributed by atoms with Gasteiger partial charge in [-0.25, -0.2) is 0 Å². The summed E-state index contributed by atoms with van der Waals surface area (Å²) in [4.78, 5) is 14.9. The minimum atomic E-state index is -0.183. The molecular weight excluding hydrogens is 258 g/mol. The Labute approximate surface area is 125 Å². The fourth-order valence-corrected chi connectivity index (χ4v) is 3.76. The van der Waals surface area contributed by atoms with E-state index in [1.165, 1.54) is 11.1 Å². The molecule has 2 aromatic carbocycles. The highest BCUT2D eigenvalue weighted by atomic mass is 16.2. The number of benzene rings is 2. The number of carbonyl (C=O) groups is 1. The lowest BCUT2D eigenvalue weighted by Crippen LogP contribution is -2.35. The Bertz CT molecular complexity index is 652. The first kappa shape index (κ1) is 12.6. The molecule has 1 aliphatic carbocycles. The largest absolute Gasteiger partial charge is 0.341 e. The zero-order valence-corrected chi connectivity index (χ0v) is 12.0. The van der Waals surface area contributed by atoms with Gasteiger partial charge in [-0.1, -0.05) is 60.7 Å². The van der Waals surface area contributed by atoms with E-state index in [2.05, 4.69) is 41.3 Å². The molecule has 1 aliphatic heterocycles. The zero-order chi connectivity index (χ0) is 14.3. The van der Waals surface area contributed by atoms with Crippen LogP contribution < -0.4 is 0 Å². The number of likely N-dealkylation sites (tertiary alicyclic amines) is 1. The van der Waals surface area contributed by atoms with Crippen molar-refractivity contribution in [2.24, 2.45) is 5.92 Å². The Kier molecular flexibility index (Phi) is 2.85. The average Bonchev–Trinajstić information content (AvgIpc) is 3.21. The number of nitrogens with zero attached hydrogens (tertiary/aromatic N) is 1. The summed E-state index contributed by atoms with van der Waals surface area (Å²) in [5.74, 6) is 0.873. The van der Waals surface area contributed by atoms with E-state index < -0.39 is 0 Å². The van der Waals surface area contributed by atoms with Crippen LogP contribution in [0.15, 0.2) is 60.7 Å². The molecule has 1 amide bonds. The summed E-state index contributed by atoms with van der Waals surface area (Å²) >= 11 is 0. The van der Waals surface area contributed by atoms with E-state index in [0.29, 0.717) is 11.8 Å². The van der Waals surface area contributed by atoms with Crippen molar-refractivity contribution in [2.75, 3.05) is 13.1 Å². The van der Waals surface area contributed by atoms with E-state index in [-0.39, 0.29) is 5.41 Å². The molecule has 4 rings (SSSR count). The Morgan fingerprint density at radius 1 is 1.00 bits per heavy atom. The fraction of sp³-hybridized carbons (Fsp3) is 0.316. The third kappa shape index (κ3) is 1.98. The zero-order valence-electron chi connectivity index (χ0n) is 12.0. The lowest BCUT2D eigenvalue weighted by Gasteiger charge is -2.21. The standard InChI is InChI=1S/C19H19NO/c21-18-19(16-9-5-2-6-10-16)13-17(19)14-20(18)12-11-15-7-3-1-4-8-15/h1-10,17H,11-14H2/t17-,19+/m1/s1. The van der Waals surface area contributed by atoms with Gasteiger partial charge >= 0.3 is 0 Å². The van der Waals surface area contributed by atoms with Crippen molar-refractivity contribution >= 4 is 5.91 Å². The second kappa shape index (κ2) is 4.73. The molecular formula is C19H19NO. The highest BCUT2D eigenvalue weighted by Gasteiger charge is 2.66. The van der Waals surface area contributed by atoms with Crippen LogP contribution in [-0.2, 0) is 16.6 Å². The van der Waals surface area contributed by atoms with Crippen LogP contribution >= 0.6 is 0 Å². The summed E-state index contributed by atoms with van der Waals surface area (Å²) in [6, 6.07) is 20.7. The minimum Gasteiger partial charge on any atom is -0.341 e. The topological polar surface area (TPSA) is 20.3 Å². The maximum absolute atomic E-state index is 12.8. The van der Waals surface area contributed by atoms with Crippen LogP contribution in [0.3, 0.4) is 0 Å². The molecule has 1 heterocycles. The van der Waals surface area contributed by atoms with Gasteiger partial charge in [0.15, 0.2) is 0 Å². The molecule has 21 heavy (non-hydrogen) atoms. The number of hydrogen-bond donors (Lipinski definition) is 0. The molecule has 2 aromatic rings. The first-order valence-electron chi connectivity index (χ1n) is 7.69. The first-order chi connectivity index (χ1) is 10.3. The van der Waals surface area contributed by atoms with Crippen molar-refractivity contribution in [1.29, 1.82) is 0 Å². The maximum atomic E-state index is 12.8. The Morgan fingerprint density at radius 3 is 2.38 bits per heavy atom. The van der Waals surface area contributed by atoms with Crippen molar-refractivity contribution in [3.8, 4) is 0 Å². The van der Waals surface area contributed by atoms with Crippen LogP contribution in [0.5, 0.6) is 0 Å². The van der Waals surface area contributed by atoms with Gasteiger partial charge in [0.2, 0.25) is 5.91 Å². The lowest BCUT2D eigenvalue weighted by atomic mass is 9.94. The molecule has 0 unspecified atom stereocenters. The predicted octanol–water partition coefficient (Wildman–Crippen LogP) is 3.03. The molecule has 0 spiro atoms. The number of piperidine rings is 1. The summed E-state index contributed by atoms with van der Waals surface area (Å²) in [6.07, 6.45) is 1.99. The van der Waals surface area contributed by atoms with Gasteiger partial charge in [-0.15, -0.1) is 0 Å². The van der Waals surface area contributed by atoms with E-state index in [4.69, 9.17) is 0 Å². The van der Waals surface area contributed by atoms with Crippen molar-refractivity contribution < 1.29 is 4.79 Å². The van der Waals surface area contributed by atoms with Gasteiger partial charge < -0.3 is 4.90 Å². The Hall–Kier alpha value is -2.09. The van der Waals surface area contributed by atoms with Crippen LogP contribution in [0.4, 0.5) is 0 Å². The van der Waals surface area contributed by atoms with Crippen molar-refractivity contribution in [2.45, 2.75) is 18.3 Å². The lowest BCUT2D eigenvalue weighted by molar-refractivity contribution is -0.131. The molecule has 2 fully saturated rings. The van der Waals surface area contributed by atoms with Gasteiger partial charge in [0, 0.05) is 13.1 Å². The van der Waals surface area contributed by atoms with E-state index in [1.54, 1.807) is 0 Å². The van der Waals surface area contributed by atoms with E-state index in [0.717, 1.165) is 25.9 Å². The molecule has 1 saturated carbocycles. The maximum Gasteiger partial charge on any atom is 0.233 e. The molecule has 0 N–H and O–H groups in total. The smallest absolute Gasteiger partial charge is 0.233 e. The number of rotatable bonds is 4. The normalized spacial score (nSPS) is 26.8. The predicted molar refractivity (Wildman–Crippen MR) is 83.0 cm³/mol. The fourth-order valence-electron chi connectivity index (χ4n) is 3.76. The van der Waals surface area contributed by atoms with Crippen molar-refractivity contribution in [3.05, 3.63) is 71.8 Å². The van der Waals surface area contributed by atoms with Gasteiger partial charge in [-0.2, -0.15) is 0 Å². The van der Waals surface area contributed by atoms with Gasteiger partial charge in [-0.3, -0.25) is 4.79 Å². The molecule has 0 aromatic heterocycles. The minimum absolute atomic E-state index is 0.183. The summed E-state index contributed by atoms with van der Waals surface area (Å²) in [5, 5.41) is 0. The van der Waals surface area contributed by atoms with Crippen molar-refractivity contribution in [3.63, 3.8) is 0 Å². The summed E-state index contributed by atoms with van der Waals surface area (Å²) < 4.78 is 0. The number of hydrogen-bond acceptors (Lipinski definition) is 1. The molecule has 0 bridgehead atoms.